The van der Waals surface area contributed by atoms with Crippen LogP contribution in [0.15, 0.2) is 91.0 Å². The van der Waals surface area contributed by atoms with Crippen molar-refractivity contribution in [3.63, 3.8) is 0 Å². The number of rotatable bonds is 3. The average molecular weight is 365 g/mol. The molecule has 5 rings (SSSR count). The van der Waals surface area contributed by atoms with Crippen LogP contribution in [0.25, 0.3) is 10.8 Å². The van der Waals surface area contributed by atoms with Gasteiger partial charge in [-0.1, -0.05) is 72.8 Å². The van der Waals surface area contributed by atoms with E-state index in [2.05, 4.69) is 11.4 Å². The summed E-state index contributed by atoms with van der Waals surface area (Å²) in [5.74, 6) is -0.326. The van der Waals surface area contributed by atoms with Crippen molar-refractivity contribution in [3.8, 4) is 0 Å². The Labute approximate surface area is 163 Å². The summed E-state index contributed by atoms with van der Waals surface area (Å²) in [6.07, 6.45) is 0. The molecule has 1 atom stereocenters. The van der Waals surface area contributed by atoms with Crippen LogP contribution in [0.1, 0.15) is 27.0 Å². The van der Waals surface area contributed by atoms with Gasteiger partial charge in [0.15, 0.2) is 0 Å². The lowest BCUT2D eigenvalue weighted by Crippen LogP contribution is -2.44. The van der Waals surface area contributed by atoms with Crippen LogP contribution in [0, 0.1) is 6.92 Å². The molecule has 0 bridgehead atoms. The van der Waals surface area contributed by atoms with Crippen LogP contribution < -0.4 is 5.32 Å². The summed E-state index contributed by atoms with van der Waals surface area (Å²) >= 11 is 0. The lowest BCUT2D eigenvalue weighted by molar-refractivity contribution is 0.00814. The van der Waals surface area contributed by atoms with Crippen LogP contribution in [0.2, 0.25) is 0 Å². The summed E-state index contributed by atoms with van der Waals surface area (Å²) in [6, 6.07) is 29.8. The summed E-state index contributed by atoms with van der Waals surface area (Å²) in [4.78, 5) is 13.1. The number of carbonyl (C=O) groups is 1. The van der Waals surface area contributed by atoms with Crippen LogP contribution in [0.5, 0.6) is 0 Å². The van der Waals surface area contributed by atoms with Crippen LogP contribution in [-0.2, 0) is 10.5 Å². The van der Waals surface area contributed by atoms with E-state index in [1.165, 1.54) is 0 Å². The quantitative estimate of drug-likeness (QED) is 0.478. The number of nitrogens with one attached hydrogen (secondary N) is 1. The van der Waals surface area contributed by atoms with Crippen LogP contribution >= 0.6 is 0 Å². The number of esters is 1. The predicted octanol–water partition coefficient (Wildman–Crippen LogP) is 5.63. The van der Waals surface area contributed by atoms with E-state index in [0.717, 1.165) is 33.2 Å². The number of carbonyl (C=O) groups excluding carboxylic acids is 1. The second kappa shape index (κ2) is 6.24. The van der Waals surface area contributed by atoms with Gasteiger partial charge in [-0.15, -0.1) is 0 Å². The molecular formula is C25H19NO2. The van der Waals surface area contributed by atoms with Crippen LogP contribution in [-0.4, -0.2) is 5.97 Å². The van der Waals surface area contributed by atoms with Gasteiger partial charge in [-0.25, -0.2) is 4.79 Å². The Morgan fingerprint density at radius 1 is 0.821 bits per heavy atom. The summed E-state index contributed by atoms with van der Waals surface area (Å²) in [5, 5.41) is 5.50. The molecule has 28 heavy (non-hydrogen) atoms. The van der Waals surface area contributed by atoms with Crippen molar-refractivity contribution < 1.29 is 9.53 Å². The Morgan fingerprint density at radius 2 is 1.57 bits per heavy atom. The summed E-state index contributed by atoms with van der Waals surface area (Å²) in [6.45, 7) is 2.04. The van der Waals surface area contributed by atoms with Gasteiger partial charge >= 0.3 is 5.97 Å². The molecule has 0 saturated heterocycles. The molecule has 1 heterocycles. The minimum Gasteiger partial charge on any atom is -0.427 e. The van der Waals surface area contributed by atoms with E-state index in [4.69, 9.17) is 4.74 Å². The van der Waals surface area contributed by atoms with Gasteiger partial charge in [-0.05, 0) is 36.1 Å². The molecule has 3 nitrogen and oxygen atoms in total. The number of anilines is 1. The largest absolute Gasteiger partial charge is 0.427 e. The normalized spacial score (nSPS) is 18.0. The number of cyclic esters (lactones) is 1. The smallest absolute Gasteiger partial charge is 0.341 e. The van der Waals surface area contributed by atoms with Gasteiger partial charge in [0.1, 0.15) is 0 Å². The zero-order valence-electron chi connectivity index (χ0n) is 15.5. The standard InChI is InChI=1S/C25H19NO2/c1-17-8-5-13-20(16-17)26-25(19-11-3-2-4-12-19)22-15-7-10-18-9-6-14-21(23(18)22)24(27)28-25/h2-16,26H,1H3. The van der Waals surface area contributed by atoms with E-state index in [0.29, 0.717) is 5.56 Å². The van der Waals surface area contributed by atoms with E-state index >= 15 is 0 Å². The number of benzene rings is 4. The van der Waals surface area contributed by atoms with Gasteiger partial charge in [0.05, 0.1) is 5.56 Å². The number of aryl methyl sites for hydroxylation is 1. The van der Waals surface area contributed by atoms with Crippen LogP contribution in [0.3, 0.4) is 0 Å². The Morgan fingerprint density at radius 3 is 2.36 bits per heavy atom. The molecule has 3 heteroatoms. The highest BCUT2D eigenvalue weighted by molar-refractivity contribution is 6.08. The minimum absolute atomic E-state index is 0.326. The summed E-state index contributed by atoms with van der Waals surface area (Å²) < 4.78 is 6.17. The molecule has 1 aliphatic heterocycles. The van der Waals surface area contributed by atoms with Gasteiger partial charge in [0.2, 0.25) is 5.72 Å². The summed E-state index contributed by atoms with van der Waals surface area (Å²) in [5.41, 5.74) is 3.35. The van der Waals surface area contributed by atoms with Crippen molar-refractivity contribution in [2.75, 3.05) is 5.32 Å². The van der Waals surface area contributed by atoms with Gasteiger partial charge < -0.3 is 10.1 Å². The van der Waals surface area contributed by atoms with Gasteiger partial charge in [-0.3, -0.25) is 0 Å². The second-order valence-corrected chi connectivity index (χ2v) is 7.14. The molecule has 1 aliphatic rings. The third-order valence-electron chi connectivity index (χ3n) is 5.27. The lowest BCUT2D eigenvalue weighted by Gasteiger charge is -2.39. The molecule has 0 aliphatic carbocycles. The first-order valence-electron chi connectivity index (χ1n) is 9.33. The lowest BCUT2D eigenvalue weighted by atomic mass is 9.85. The first-order chi connectivity index (χ1) is 13.7. The molecule has 0 spiro atoms. The molecular weight excluding hydrogens is 346 g/mol. The molecule has 0 saturated carbocycles. The third-order valence-corrected chi connectivity index (χ3v) is 5.27. The van der Waals surface area contributed by atoms with Gasteiger partial charge in [-0.2, -0.15) is 0 Å². The fraction of sp³-hybridized carbons (Fsp3) is 0.0800. The average Bonchev–Trinajstić information content (AvgIpc) is 2.72. The molecule has 1 unspecified atom stereocenters. The highest BCUT2D eigenvalue weighted by Gasteiger charge is 2.44. The molecule has 136 valence electrons. The fourth-order valence-corrected chi connectivity index (χ4v) is 4.03. The van der Waals surface area contributed by atoms with Gasteiger partial charge in [0, 0.05) is 22.2 Å². The first kappa shape index (κ1) is 16.6. The SMILES string of the molecule is Cc1cccc(NC2(c3ccccc3)OC(=O)c3cccc4cccc2c34)c1. The highest BCUT2D eigenvalue weighted by Crippen LogP contribution is 2.43. The van der Waals surface area contributed by atoms with E-state index in [1.807, 2.05) is 91.9 Å². The third kappa shape index (κ3) is 2.48. The fourth-order valence-electron chi connectivity index (χ4n) is 4.03. The summed E-state index contributed by atoms with van der Waals surface area (Å²) in [7, 11) is 0. The maximum Gasteiger partial charge on any atom is 0.341 e. The zero-order valence-corrected chi connectivity index (χ0v) is 15.5. The number of hydrogen-bond acceptors (Lipinski definition) is 3. The molecule has 0 radical (unpaired) electrons. The first-order valence-corrected chi connectivity index (χ1v) is 9.33. The zero-order chi connectivity index (χ0) is 19.1. The molecule has 0 fully saturated rings. The van der Waals surface area contributed by atoms with E-state index in [1.54, 1.807) is 0 Å². The monoisotopic (exact) mass is 365 g/mol. The Kier molecular flexibility index (Phi) is 3.69. The Hall–Kier alpha value is -3.59. The minimum atomic E-state index is -1.10. The predicted molar refractivity (Wildman–Crippen MR) is 111 cm³/mol. The molecule has 0 aromatic heterocycles. The van der Waals surface area contributed by atoms with Crippen molar-refractivity contribution >= 4 is 22.4 Å². The Bertz CT molecular complexity index is 1190. The maximum absolute atomic E-state index is 13.1. The van der Waals surface area contributed by atoms with Crippen molar-refractivity contribution in [1.29, 1.82) is 0 Å². The van der Waals surface area contributed by atoms with Crippen molar-refractivity contribution in [1.82, 2.24) is 0 Å². The number of hydrogen-bond donors (Lipinski definition) is 1. The van der Waals surface area contributed by atoms with E-state index in [9.17, 15) is 4.79 Å². The Balaban J connectivity index is 1.83. The maximum atomic E-state index is 13.1. The van der Waals surface area contributed by atoms with E-state index < -0.39 is 5.72 Å². The van der Waals surface area contributed by atoms with E-state index in [-0.39, 0.29) is 5.97 Å². The van der Waals surface area contributed by atoms with Crippen molar-refractivity contribution in [2.45, 2.75) is 12.6 Å². The second-order valence-electron chi connectivity index (χ2n) is 7.14. The number of ether oxygens (including phenoxy) is 1. The topological polar surface area (TPSA) is 38.3 Å². The molecule has 4 aromatic rings. The van der Waals surface area contributed by atoms with Gasteiger partial charge in [0.25, 0.3) is 0 Å². The van der Waals surface area contributed by atoms with Crippen molar-refractivity contribution in [3.05, 3.63) is 113 Å². The molecule has 1 N–H and O–H groups in total. The van der Waals surface area contributed by atoms with Crippen molar-refractivity contribution in [2.24, 2.45) is 0 Å². The molecule has 4 aromatic carbocycles. The van der Waals surface area contributed by atoms with Crippen LogP contribution in [0.4, 0.5) is 5.69 Å². The highest BCUT2D eigenvalue weighted by atomic mass is 16.6. The molecule has 0 amide bonds.